The standard InChI is InChI=1S/C13H19N5O2/c1-7(10-8(2)18-20-9(10)3)17-13-11(19-5)12(14-4)15-6-16-13/h6-7H,1-5H3,(H2,14,15,16,17). The fourth-order valence-corrected chi connectivity index (χ4v) is 2.23. The molecule has 0 aliphatic rings. The van der Waals surface area contributed by atoms with Gasteiger partial charge in [-0.05, 0) is 20.8 Å². The summed E-state index contributed by atoms with van der Waals surface area (Å²) in [4.78, 5) is 8.34. The molecule has 7 heteroatoms. The molecular formula is C13H19N5O2. The molecule has 2 heterocycles. The van der Waals surface area contributed by atoms with E-state index in [1.807, 2.05) is 20.8 Å². The highest BCUT2D eigenvalue weighted by molar-refractivity contribution is 5.63. The van der Waals surface area contributed by atoms with Crippen LogP contribution in [-0.2, 0) is 0 Å². The van der Waals surface area contributed by atoms with E-state index in [0.717, 1.165) is 17.0 Å². The first-order valence-corrected chi connectivity index (χ1v) is 6.34. The second kappa shape index (κ2) is 5.77. The number of hydrogen-bond acceptors (Lipinski definition) is 7. The third-order valence-electron chi connectivity index (χ3n) is 3.12. The molecular weight excluding hydrogens is 258 g/mol. The third-order valence-corrected chi connectivity index (χ3v) is 3.12. The lowest BCUT2D eigenvalue weighted by atomic mass is 10.1. The highest BCUT2D eigenvalue weighted by Crippen LogP contribution is 2.32. The largest absolute Gasteiger partial charge is 0.490 e. The summed E-state index contributed by atoms with van der Waals surface area (Å²) in [5.74, 6) is 2.63. The summed E-state index contributed by atoms with van der Waals surface area (Å²) < 4.78 is 10.5. The predicted octanol–water partition coefficient (Wildman–Crippen LogP) is 2.30. The van der Waals surface area contributed by atoms with Crippen LogP contribution >= 0.6 is 0 Å². The van der Waals surface area contributed by atoms with Gasteiger partial charge in [-0.25, -0.2) is 9.97 Å². The van der Waals surface area contributed by atoms with Crippen LogP contribution < -0.4 is 15.4 Å². The molecule has 2 rings (SSSR count). The Morgan fingerprint density at radius 2 is 1.95 bits per heavy atom. The van der Waals surface area contributed by atoms with E-state index in [9.17, 15) is 0 Å². The average molecular weight is 277 g/mol. The molecule has 1 atom stereocenters. The lowest BCUT2D eigenvalue weighted by Gasteiger charge is -2.17. The van der Waals surface area contributed by atoms with Gasteiger partial charge >= 0.3 is 0 Å². The number of hydrogen-bond donors (Lipinski definition) is 2. The highest BCUT2D eigenvalue weighted by atomic mass is 16.5. The zero-order valence-corrected chi connectivity index (χ0v) is 12.3. The Labute approximate surface area is 117 Å². The van der Waals surface area contributed by atoms with Gasteiger partial charge in [0.15, 0.2) is 11.6 Å². The number of methoxy groups -OCH3 is 1. The van der Waals surface area contributed by atoms with E-state index in [0.29, 0.717) is 17.4 Å². The van der Waals surface area contributed by atoms with Crippen molar-refractivity contribution in [3.05, 3.63) is 23.3 Å². The zero-order valence-electron chi connectivity index (χ0n) is 12.3. The lowest BCUT2D eigenvalue weighted by molar-refractivity contribution is 0.391. The van der Waals surface area contributed by atoms with Crippen molar-refractivity contribution >= 4 is 11.6 Å². The van der Waals surface area contributed by atoms with E-state index in [2.05, 4.69) is 25.8 Å². The average Bonchev–Trinajstić information content (AvgIpc) is 2.77. The van der Waals surface area contributed by atoms with Crippen molar-refractivity contribution in [2.45, 2.75) is 26.8 Å². The maximum atomic E-state index is 5.36. The topological polar surface area (TPSA) is 85.1 Å². The number of nitrogens with zero attached hydrogens (tertiary/aromatic N) is 3. The van der Waals surface area contributed by atoms with Crippen molar-refractivity contribution in [1.82, 2.24) is 15.1 Å². The SMILES string of the molecule is CNc1ncnc(NC(C)c2c(C)noc2C)c1OC. The maximum Gasteiger partial charge on any atom is 0.204 e. The summed E-state index contributed by atoms with van der Waals surface area (Å²) in [6, 6.07) is -0.00486. The fraction of sp³-hybridized carbons (Fsp3) is 0.462. The predicted molar refractivity (Wildman–Crippen MR) is 76.1 cm³/mol. The molecule has 0 saturated carbocycles. The van der Waals surface area contributed by atoms with Crippen molar-refractivity contribution in [3.8, 4) is 5.75 Å². The van der Waals surface area contributed by atoms with E-state index in [1.165, 1.54) is 6.33 Å². The summed E-state index contributed by atoms with van der Waals surface area (Å²) in [5.41, 5.74) is 1.89. The van der Waals surface area contributed by atoms with Crippen molar-refractivity contribution in [2.75, 3.05) is 24.8 Å². The van der Waals surface area contributed by atoms with Crippen molar-refractivity contribution in [3.63, 3.8) is 0 Å². The number of rotatable bonds is 5. The van der Waals surface area contributed by atoms with Gasteiger partial charge in [0.25, 0.3) is 0 Å². The Kier molecular flexibility index (Phi) is 4.07. The van der Waals surface area contributed by atoms with Gasteiger partial charge in [-0.15, -0.1) is 0 Å². The Morgan fingerprint density at radius 1 is 1.25 bits per heavy atom. The van der Waals surface area contributed by atoms with Crippen molar-refractivity contribution < 1.29 is 9.26 Å². The van der Waals surface area contributed by atoms with Crippen LogP contribution in [0.1, 0.15) is 30.0 Å². The van der Waals surface area contributed by atoms with E-state index in [1.54, 1.807) is 14.2 Å². The van der Waals surface area contributed by atoms with Crippen molar-refractivity contribution in [1.29, 1.82) is 0 Å². The van der Waals surface area contributed by atoms with Gasteiger partial charge in [-0.2, -0.15) is 0 Å². The van der Waals surface area contributed by atoms with Crippen LogP contribution in [0.15, 0.2) is 10.9 Å². The lowest BCUT2D eigenvalue weighted by Crippen LogP contribution is -2.12. The van der Waals surface area contributed by atoms with Crippen LogP contribution in [0.4, 0.5) is 11.6 Å². The second-order valence-electron chi connectivity index (χ2n) is 4.46. The summed E-state index contributed by atoms with van der Waals surface area (Å²) in [7, 11) is 3.37. The number of ether oxygens (including phenoxy) is 1. The number of aryl methyl sites for hydroxylation is 2. The molecule has 0 spiro atoms. The molecule has 0 amide bonds. The molecule has 0 saturated heterocycles. The highest BCUT2D eigenvalue weighted by Gasteiger charge is 2.19. The van der Waals surface area contributed by atoms with Crippen LogP contribution in [0.2, 0.25) is 0 Å². The Balaban J connectivity index is 2.30. The van der Waals surface area contributed by atoms with Crippen LogP contribution in [0.5, 0.6) is 5.75 Å². The molecule has 0 fully saturated rings. The first-order chi connectivity index (χ1) is 9.58. The summed E-state index contributed by atoms with van der Waals surface area (Å²) in [6.07, 6.45) is 1.48. The fourth-order valence-electron chi connectivity index (χ4n) is 2.23. The van der Waals surface area contributed by atoms with Gasteiger partial charge in [-0.3, -0.25) is 0 Å². The van der Waals surface area contributed by atoms with E-state index in [-0.39, 0.29) is 6.04 Å². The van der Waals surface area contributed by atoms with Crippen LogP contribution in [0.25, 0.3) is 0 Å². The van der Waals surface area contributed by atoms with Gasteiger partial charge in [0.1, 0.15) is 12.1 Å². The minimum Gasteiger partial charge on any atom is -0.490 e. The molecule has 1 unspecified atom stereocenters. The second-order valence-corrected chi connectivity index (χ2v) is 4.46. The molecule has 0 aliphatic heterocycles. The van der Waals surface area contributed by atoms with Crippen molar-refractivity contribution in [2.24, 2.45) is 0 Å². The Bertz CT molecular complexity index is 577. The number of nitrogens with one attached hydrogen (secondary N) is 2. The smallest absolute Gasteiger partial charge is 0.204 e. The first-order valence-electron chi connectivity index (χ1n) is 6.34. The van der Waals surface area contributed by atoms with Crippen LogP contribution in [0.3, 0.4) is 0 Å². The number of aromatic nitrogens is 3. The minimum atomic E-state index is -0.00486. The van der Waals surface area contributed by atoms with Gasteiger partial charge in [0.05, 0.1) is 18.8 Å². The molecule has 7 nitrogen and oxygen atoms in total. The molecule has 0 aliphatic carbocycles. The Hall–Kier alpha value is -2.31. The summed E-state index contributed by atoms with van der Waals surface area (Å²) >= 11 is 0. The van der Waals surface area contributed by atoms with E-state index >= 15 is 0 Å². The molecule has 0 aromatic carbocycles. The molecule has 108 valence electrons. The monoisotopic (exact) mass is 277 g/mol. The molecule has 2 aromatic rings. The maximum absolute atomic E-state index is 5.36. The van der Waals surface area contributed by atoms with Gasteiger partial charge in [0, 0.05) is 12.6 Å². The third kappa shape index (κ3) is 2.52. The zero-order chi connectivity index (χ0) is 14.7. The minimum absolute atomic E-state index is 0.00486. The van der Waals surface area contributed by atoms with E-state index < -0.39 is 0 Å². The molecule has 0 radical (unpaired) electrons. The van der Waals surface area contributed by atoms with E-state index in [4.69, 9.17) is 9.26 Å². The summed E-state index contributed by atoms with van der Waals surface area (Å²) in [5, 5.41) is 10.2. The molecule has 2 N–H and O–H groups in total. The van der Waals surface area contributed by atoms with Gasteiger partial charge in [0.2, 0.25) is 5.75 Å². The molecule has 0 bridgehead atoms. The van der Waals surface area contributed by atoms with Gasteiger partial charge < -0.3 is 19.9 Å². The van der Waals surface area contributed by atoms with Crippen LogP contribution in [0, 0.1) is 13.8 Å². The molecule has 2 aromatic heterocycles. The quantitative estimate of drug-likeness (QED) is 0.867. The van der Waals surface area contributed by atoms with Crippen LogP contribution in [-0.4, -0.2) is 29.3 Å². The van der Waals surface area contributed by atoms with Gasteiger partial charge in [-0.1, -0.05) is 5.16 Å². The molecule has 20 heavy (non-hydrogen) atoms. The first kappa shape index (κ1) is 14.1. The number of anilines is 2. The Morgan fingerprint density at radius 3 is 2.50 bits per heavy atom. The summed E-state index contributed by atoms with van der Waals surface area (Å²) in [6.45, 7) is 5.83. The normalized spacial score (nSPS) is 12.1.